The topological polar surface area (TPSA) is 113 Å². The molecule has 0 saturated carbocycles. The average Bonchev–Trinajstić information content (AvgIpc) is 3.13. The van der Waals surface area contributed by atoms with Gasteiger partial charge in [-0.05, 0) is 36.1 Å². The number of carbonyl (C=O) groups is 1. The molecule has 5 rings (SSSR count). The van der Waals surface area contributed by atoms with Gasteiger partial charge in [0.25, 0.3) is 5.91 Å². The first-order chi connectivity index (χ1) is 17.6. The summed E-state index contributed by atoms with van der Waals surface area (Å²) in [6, 6.07) is 10.3. The van der Waals surface area contributed by atoms with Gasteiger partial charge in [-0.3, -0.25) is 14.7 Å². The van der Waals surface area contributed by atoms with Gasteiger partial charge in [0.1, 0.15) is 5.84 Å². The van der Waals surface area contributed by atoms with E-state index in [4.69, 9.17) is 10.7 Å². The Morgan fingerprint density at radius 2 is 1.97 bits per heavy atom. The Morgan fingerprint density at radius 1 is 1.08 bits per heavy atom. The Morgan fingerprint density at radius 3 is 2.81 bits per heavy atom. The normalized spacial score (nSPS) is 17.3. The van der Waals surface area contributed by atoms with Crippen LogP contribution in [-0.4, -0.2) is 62.7 Å². The lowest BCUT2D eigenvalue weighted by molar-refractivity contribution is 0.0965. The van der Waals surface area contributed by atoms with Crippen molar-refractivity contribution >= 4 is 23.2 Å². The molecule has 1 aromatic carbocycles. The number of rotatable bonds is 4. The molecule has 0 spiro atoms. The van der Waals surface area contributed by atoms with E-state index in [9.17, 15) is 4.79 Å². The minimum absolute atomic E-state index is 0.105. The highest BCUT2D eigenvalue weighted by Crippen LogP contribution is 2.32. The van der Waals surface area contributed by atoms with Crippen LogP contribution in [0.4, 0.5) is 11.5 Å². The lowest BCUT2D eigenvalue weighted by Crippen LogP contribution is -2.38. The smallest absolute Gasteiger partial charge is 0.277 e. The highest BCUT2D eigenvalue weighted by atomic mass is 16.1. The zero-order valence-corrected chi connectivity index (χ0v) is 20.4. The summed E-state index contributed by atoms with van der Waals surface area (Å²) in [7, 11) is 0. The third-order valence-electron chi connectivity index (χ3n) is 6.54. The van der Waals surface area contributed by atoms with Crippen molar-refractivity contribution in [1.82, 2.24) is 30.1 Å². The SMILES string of the molecule is Cc1cccc2c1N=C(N1CCCN(Cc3cccnc3)CC1)C(=CNC(=O)c1nccnc1N)C2. The van der Waals surface area contributed by atoms with Crippen LogP contribution in [0.25, 0.3) is 0 Å². The molecular weight excluding hydrogens is 452 g/mol. The van der Waals surface area contributed by atoms with Crippen LogP contribution in [0.5, 0.6) is 0 Å². The number of hydrogen-bond acceptors (Lipinski definition) is 8. The van der Waals surface area contributed by atoms with Gasteiger partial charge >= 0.3 is 0 Å². The third kappa shape index (κ3) is 5.26. The number of fused-ring (bicyclic) bond motifs is 1. The second-order valence-corrected chi connectivity index (χ2v) is 9.11. The number of amidine groups is 1. The molecule has 0 radical (unpaired) electrons. The lowest BCUT2D eigenvalue weighted by Gasteiger charge is -2.30. The summed E-state index contributed by atoms with van der Waals surface area (Å²) in [5.74, 6) is 0.626. The molecule has 2 aliphatic rings. The number of nitrogens with two attached hydrogens (primary N) is 1. The summed E-state index contributed by atoms with van der Waals surface area (Å²) in [4.78, 5) is 35.0. The highest BCUT2D eigenvalue weighted by molar-refractivity contribution is 6.03. The quantitative estimate of drug-likeness (QED) is 0.588. The number of benzene rings is 1. The number of aryl methyl sites for hydroxylation is 1. The molecule has 1 amide bonds. The fraction of sp³-hybridized carbons (Fsp3) is 0.296. The number of aliphatic imine (C=N–C) groups is 1. The van der Waals surface area contributed by atoms with Crippen LogP contribution in [0, 0.1) is 6.92 Å². The molecule has 0 aliphatic carbocycles. The van der Waals surface area contributed by atoms with Crippen LogP contribution in [0.15, 0.2) is 71.9 Å². The van der Waals surface area contributed by atoms with Gasteiger partial charge in [-0.2, -0.15) is 0 Å². The molecule has 9 nitrogen and oxygen atoms in total. The minimum atomic E-state index is -0.388. The number of nitrogen functional groups attached to an aromatic ring is 1. The molecule has 0 unspecified atom stereocenters. The van der Waals surface area contributed by atoms with E-state index in [0.29, 0.717) is 6.42 Å². The molecule has 36 heavy (non-hydrogen) atoms. The van der Waals surface area contributed by atoms with Gasteiger partial charge in [-0.25, -0.2) is 15.0 Å². The second-order valence-electron chi connectivity index (χ2n) is 9.11. The Kier molecular flexibility index (Phi) is 6.99. The van der Waals surface area contributed by atoms with Crippen molar-refractivity contribution in [2.45, 2.75) is 26.3 Å². The molecule has 4 heterocycles. The highest BCUT2D eigenvalue weighted by Gasteiger charge is 2.26. The Labute approximate surface area is 210 Å². The van der Waals surface area contributed by atoms with E-state index in [2.05, 4.69) is 55.2 Å². The van der Waals surface area contributed by atoms with Gasteiger partial charge in [0.05, 0.1) is 5.69 Å². The standard InChI is InChI=1S/C27H30N8O/c1-19-5-2-7-21-15-22(17-32-27(36)24-25(28)31-10-9-30-24)26(33-23(19)21)35-12-4-11-34(13-14-35)18-20-6-3-8-29-16-20/h2-3,5-10,16-17H,4,11-15,18H2,1H3,(H2,28,31)(H,32,36). The Hall–Kier alpha value is -4.11. The number of hydrogen-bond donors (Lipinski definition) is 2. The molecule has 3 N–H and O–H groups in total. The fourth-order valence-corrected chi connectivity index (χ4v) is 4.71. The largest absolute Gasteiger partial charge is 0.382 e. The summed E-state index contributed by atoms with van der Waals surface area (Å²) in [5.41, 5.74) is 11.4. The maximum absolute atomic E-state index is 12.8. The molecule has 0 atom stereocenters. The monoisotopic (exact) mass is 482 g/mol. The van der Waals surface area contributed by atoms with E-state index in [1.54, 1.807) is 12.4 Å². The van der Waals surface area contributed by atoms with E-state index >= 15 is 0 Å². The zero-order chi connectivity index (χ0) is 24.9. The Bertz CT molecular complexity index is 1300. The van der Waals surface area contributed by atoms with E-state index in [-0.39, 0.29) is 17.4 Å². The van der Waals surface area contributed by atoms with Gasteiger partial charge < -0.3 is 16.0 Å². The van der Waals surface area contributed by atoms with Crippen molar-refractivity contribution < 1.29 is 4.79 Å². The maximum Gasteiger partial charge on any atom is 0.277 e. The predicted octanol–water partition coefficient (Wildman–Crippen LogP) is 2.87. The van der Waals surface area contributed by atoms with E-state index in [1.807, 2.05) is 18.3 Å². The average molecular weight is 483 g/mol. The number of amides is 1. The summed E-state index contributed by atoms with van der Waals surface area (Å²) >= 11 is 0. The molecule has 1 saturated heterocycles. The number of para-hydroxylation sites is 1. The lowest BCUT2D eigenvalue weighted by atomic mass is 9.96. The summed E-state index contributed by atoms with van der Waals surface area (Å²) < 4.78 is 0. The molecule has 184 valence electrons. The minimum Gasteiger partial charge on any atom is -0.382 e. The van der Waals surface area contributed by atoms with Crippen molar-refractivity contribution in [3.63, 3.8) is 0 Å². The van der Waals surface area contributed by atoms with Gasteiger partial charge in [0.2, 0.25) is 0 Å². The first-order valence-electron chi connectivity index (χ1n) is 12.2. The predicted molar refractivity (Wildman–Crippen MR) is 140 cm³/mol. The first kappa shape index (κ1) is 23.6. The van der Waals surface area contributed by atoms with E-state index < -0.39 is 0 Å². The van der Waals surface area contributed by atoms with Crippen molar-refractivity contribution in [3.05, 3.63) is 89.3 Å². The van der Waals surface area contributed by atoms with Crippen molar-refractivity contribution in [1.29, 1.82) is 0 Å². The zero-order valence-electron chi connectivity index (χ0n) is 20.4. The number of anilines is 1. The van der Waals surface area contributed by atoms with Gasteiger partial charge in [-0.1, -0.05) is 24.3 Å². The molecule has 9 heteroatoms. The maximum atomic E-state index is 12.8. The van der Waals surface area contributed by atoms with Gasteiger partial charge in [-0.15, -0.1) is 0 Å². The van der Waals surface area contributed by atoms with E-state index in [1.165, 1.54) is 18.0 Å². The van der Waals surface area contributed by atoms with Gasteiger partial charge in [0, 0.05) is 75.7 Å². The number of pyridine rings is 1. The summed E-state index contributed by atoms with van der Waals surface area (Å²) in [6.07, 6.45) is 10.1. The molecular formula is C27H30N8O. The number of carbonyl (C=O) groups excluding carboxylic acids is 1. The van der Waals surface area contributed by atoms with Crippen LogP contribution in [0.3, 0.4) is 0 Å². The fourth-order valence-electron chi connectivity index (χ4n) is 4.71. The van der Waals surface area contributed by atoms with Gasteiger partial charge in [0.15, 0.2) is 11.5 Å². The number of aromatic nitrogens is 3. The number of nitrogens with one attached hydrogen (secondary N) is 1. The molecule has 2 aliphatic heterocycles. The van der Waals surface area contributed by atoms with Crippen molar-refractivity contribution in [2.75, 3.05) is 31.9 Å². The second kappa shape index (κ2) is 10.7. The third-order valence-corrected chi connectivity index (χ3v) is 6.54. The van der Waals surface area contributed by atoms with Crippen LogP contribution in [0.1, 0.15) is 33.6 Å². The molecule has 2 aromatic heterocycles. The van der Waals surface area contributed by atoms with E-state index in [0.717, 1.165) is 67.4 Å². The Balaban J connectivity index is 1.38. The van der Waals surface area contributed by atoms with Crippen LogP contribution in [0.2, 0.25) is 0 Å². The molecule has 1 fully saturated rings. The van der Waals surface area contributed by atoms with Crippen LogP contribution >= 0.6 is 0 Å². The molecule has 0 bridgehead atoms. The molecule has 3 aromatic rings. The van der Waals surface area contributed by atoms with Crippen molar-refractivity contribution in [3.8, 4) is 0 Å². The summed E-state index contributed by atoms with van der Waals surface area (Å²) in [5, 5.41) is 2.87. The summed E-state index contributed by atoms with van der Waals surface area (Å²) in [6.45, 7) is 6.65. The first-order valence-corrected chi connectivity index (χ1v) is 12.2. The number of nitrogens with zero attached hydrogens (tertiary/aromatic N) is 6. The van der Waals surface area contributed by atoms with Crippen LogP contribution in [-0.2, 0) is 13.0 Å². The van der Waals surface area contributed by atoms with Crippen molar-refractivity contribution in [2.24, 2.45) is 4.99 Å². The van der Waals surface area contributed by atoms with Crippen LogP contribution < -0.4 is 11.1 Å².